The molecule has 0 saturated carbocycles. The van der Waals surface area contributed by atoms with E-state index in [4.69, 9.17) is 21.1 Å². The first kappa shape index (κ1) is 19.0. The number of carbonyl (C=O) groups is 1. The van der Waals surface area contributed by atoms with Crippen molar-refractivity contribution in [3.05, 3.63) is 53.1 Å². The van der Waals surface area contributed by atoms with E-state index < -0.39 is 15.9 Å². The summed E-state index contributed by atoms with van der Waals surface area (Å²) in [6, 6.07) is 10.4. The average molecular weight is 385 g/mol. The van der Waals surface area contributed by atoms with E-state index in [9.17, 15) is 13.2 Å². The first-order valence-electron chi connectivity index (χ1n) is 7.26. The Hall–Kier alpha value is -2.29. The van der Waals surface area contributed by atoms with Crippen molar-refractivity contribution >= 4 is 27.5 Å². The number of halogens is 1. The van der Waals surface area contributed by atoms with E-state index >= 15 is 0 Å². The maximum Gasteiger partial charge on any atom is 0.266 e. The minimum atomic E-state index is -4.00. The van der Waals surface area contributed by atoms with E-state index in [1.165, 1.54) is 37.4 Å². The predicted molar refractivity (Wildman–Crippen MR) is 93.4 cm³/mol. The summed E-state index contributed by atoms with van der Waals surface area (Å²) < 4.78 is 34.9. The quantitative estimate of drug-likeness (QED) is 0.715. The van der Waals surface area contributed by atoms with Gasteiger partial charge in [0.2, 0.25) is 0 Å². The Balaban J connectivity index is 2.14. The molecule has 0 aliphatic rings. The molecule has 0 atom stereocenters. The lowest BCUT2D eigenvalue weighted by Gasteiger charge is -2.12. The van der Waals surface area contributed by atoms with Gasteiger partial charge in [-0.2, -0.15) is 0 Å². The zero-order valence-corrected chi connectivity index (χ0v) is 15.1. The second-order valence-corrected chi connectivity index (χ2v) is 6.85. The summed E-state index contributed by atoms with van der Waals surface area (Å²) in [6.07, 6.45) is 0. The third-order valence-corrected chi connectivity index (χ3v) is 4.90. The molecule has 25 heavy (non-hydrogen) atoms. The van der Waals surface area contributed by atoms with Crippen LogP contribution in [0, 0.1) is 0 Å². The van der Waals surface area contributed by atoms with E-state index in [0.29, 0.717) is 18.1 Å². The van der Waals surface area contributed by atoms with Crippen LogP contribution in [-0.4, -0.2) is 28.0 Å². The zero-order chi connectivity index (χ0) is 18.4. The lowest BCUT2D eigenvalue weighted by atomic mass is 10.2. The number of methoxy groups -OCH3 is 1. The van der Waals surface area contributed by atoms with Gasteiger partial charge >= 0.3 is 0 Å². The molecule has 0 aliphatic heterocycles. The fraction of sp³-hybridized carbons (Fsp3) is 0.188. The summed E-state index contributed by atoms with van der Waals surface area (Å²) in [7, 11) is -2.55. The Labute approximate surface area is 150 Å². The fourth-order valence-electron chi connectivity index (χ4n) is 1.99. The van der Waals surface area contributed by atoms with Gasteiger partial charge in [0.05, 0.1) is 18.7 Å². The van der Waals surface area contributed by atoms with Crippen molar-refractivity contribution < 1.29 is 22.7 Å². The summed E-state index contributed by atoms with van der Waals surface area (Å²) in [5.41, 5.74) is 2.33. The molecule has 0 heterocycles. The summed E-state index contributed by atoms with van der Waals surface area (Å²) >= 11 is 5.87. The summed E-state index contributed by atoms with van der Waals surface area (Å²) in [5.74, 6) is 0.193. The molecule has 2 rings (SSSR count). The zero-order valence-electron chi connectivity index (χ0n) is 13.6. The SMILES string of the molecule is CCOc1ccc(C(=O)NNS(=O)(=O)c2ccccc2Cl)cc1OC. The van der Waals surface area contributed by atoms with Crippen molar-refractivity contribution in [1.29, 1.82) is 0 Å². The van der Waals surface area contributed by atoms with Crippen LogP contribution in [0.2, 0.25) is 5.02 Å². The van der Waals surface area contributed by atoms with Gasteiger partial charge in [-0.15, -0.1) is 4.83 Å². The van der Waals surface area contributed by atoms with Crippen molar-refractivity contribution in [1.82, 2.24) is 10.3 Å². The Morgan fingerprint density at radius 2 is 1.88 bits per heavy atom. The van der Waals surface area contributed by atoms with Gasteiger partial charge in [-0.25, -0.2) is 8.42 Å². The van der Waals surface area contributed by atoms with Crippen LogP contribution < -0.4 is 19.7 Å². The van der Waals surface area contributed by atoms with Gasteiger partial charge in [0.1, 0.15) is 4.90 Å². The lowest BCUT2D eigenvalue weighted by Crippen LogP contribution is -2.41. The molecule has 2 N–H and O–H groups in total. The van der Waals surface area contributed by atoms with Gasteiger partial charge in [-0.1, -0.05) is 23.7 Å². The Morgan fingerprint density at radius 3 is 2.52 bits per heavy atom. The number of sulfonamides is 1. The van der Waals surface area contributed by atoms with Gasteiger partial charge in [-0.05, 0) is 37.3 Å². The smallest absolute Gasteiger partial charge is 0.266 e. The Bertz CT molecular complexity index is 871. The van der Waals surface area contributed by atoms with E-state index in [0.717, 1.165) is 0 Å². The average Bonchev–Trinajstić information content (AvgIpc) is 2.60. The van der Waals surface area contributed by atoms with E-state index in [-0.39, 0.29) is 15.5 Å². The molecule has 0 aromatic heterocycles. The third kappa shape index (κ3) is 4.62. The molecule has 0 radical (unpaired) electrons. The third-order valence-electron chi connectivity index (χ3n) is 3.15. The molecule has 0 aliphatic carbocycles. The van der Waals surface area contributed by atoms with Crippen LogP contribution in [0.1, 0.15) is 17.3 Å². The molecule has 0 fully saturated rings. The molecule has 1 amide bonds. The van der Waals surface area contributed by atoms with Crippen LogP contribution in [0.4, 0.5) is 0 Å². The largest absolute Gasteiger partial charge is 0.493 e. The number of carbonyl (C=O) groups excluding carboxylic acids is 1. The highest BCUT2D eigenvalue weighted by atomic mass is 35.5. The van der Waals surface area contributed by atoms with E-state index in [1.807, 2.05) is 11.8 Å². The molecule has 2 aromatic carbocycles. The highest BCUT2D eigenvalue weighted by molar-refractivity contribution is 7.89. The first-order valence-corrected chi connectivity index (χ1v) is 9.12. The number of ether oxygens (including phenoxy) is 2. The minimum Gasteiger partial charge on any atom is -0.493 e. The number of benzene rings is 2. The Morgan fingerprint density at radius 1 is 1.16 bits per heavy atom. The summed E-state index contributed by atoms with van der Waals surface area (Å²) in [5, 5.41) is 0.0481. The number of hydrazine groups is 1. The fourth-order valence-corrected chi connectivity index (χ4v) is 3.35. The van der Waals surface area contributed by atoms with Gasteiger partial charge in [-0.3, -0.25) is 10.2 Å². The van der Waals surface area contributed by atoms with Crippen LogP contribution in [0.15, 0.2) is 47.4 Å². The van der Waals surface area contributed by atoms with Crippen LogP contribution >= 0.6 is 11.6 Å². The standard InChI is InChI=1S/C16H17ClN2O5S/c1-3-24-13-9-8-11(10-14(13)23-2)16(20)18-19-25(21,22)15-7-5-4-6-12(15)17/h4-10,19H,3H2,1-2H3,(H,18,20). The topological polar surface area (TPSA) is 93.7 Å². The molecule has 2 aromatic rings. The highest BCUT2D eigenvalue weighted by Gasteiger charge is 2.19. The number of hydrogen-bond acceptors (Lipinski definition) is 5. The second-order valence-electron chi connectivity index (χ2n) is 4.79. The maximum absolute atomic E-state index is 12.2. The number of rotatable bonds is 7. The molecule has 9 heteroatoms. The Kier molecular flexibility index (Phi) is 6.24. The number of hydrogen-bond donors (Lipinski definition) is 2. The summed E-state index contributed by atoms with van der Waals surface area (Å²) in [6.45, 7) is 2.27. The molecular formula is C16H17ClN2O5S. The van der Waals surface area contributed by atoms with Crippen molar-refractivity contribution in [2.24, 2.45) is 0 Å². The van der Waals surface area contributed by atoms with Crippen LogP contribution in [0.5, 0.6) is 11.5 Å². The molecule has 134 valence electrons. The number of amides is 1. The van der Waals surface area contributed by atoms with Crippen molar-refractivity contribution in [2.75, 3.05) is 13.7 Å². The molecule has 0 bridgehead atoms. The normalized spacial score (nSPS) is 11.0. The van der Waals surface area contributed by atoms with Crippen molar-refractivity contribution in [3.8, 4) is 11.5 Å². The molecular weight excluding hydrogens is 368 g/mol. The molecule has 0 spiro atoms. The van der Waals surface area contributed by atoms with Crippen LogP contribution in [0.3, 0.4) is 0 Å². The highest BCUT2D eigenvalue weighted by Crippen LogP contribution is 2.28. The maximum atomic E-state index is 12.2. The first-order chi connectivity index (χ1) is 11.9. The van der Waals surface area contributed by atoms with Crippen LogP contribution in [0.25, 0.3) is 0 Å². The molecule has 0 unspecified atom stereocenters. The minimum absolute atomic E-state index is 0.0481. The lowest BCUT2D eigenvalue weighted by molar-refractivity contribution is 0.0944. The van der Waals surface area contributed by atoms with Crippen molar-refractivity contribution in [2.45, 2.75) is 11.8 Å². The van der Waals surface area contributed by atoms with E-state index in [2.05, 4.69) is 5.43 Å². The van der Waals surface area contributed by atoms with Gasteiger partial charge in [0, 0.05) is 5.56 Å². The van der Waals surface area contributed by atoms with Gasteiger partial charge in [0.15, 0.2) is 11.5 Å². The van der Waals surface area contributed by atoms with Crippen LogP contribution in [-0.2, 0) is 10.0 Å². The molecule has 0 saturated heterocycles. The van der Waals surface area contributed by atoms with Crippen molar-refractivity contribution in [3.63, 3.8) is 0 Å². The second kappa shape index (κ2) is 8.19. The summed E-state index contributed by atoms with van der Waals surface area (Å²) in [4.78, 5) is 14.0. The predicted octanol–water partition coefficient (Wildman–Crippen LogP) is 2.37. The molecule has 7 nitrogen and oxygen atoms in total. The monoisotopic (exact) mass is 384 g/mol. The van der Waals surface area contributed by atoms with Gasteiger partial charge < -0.3 is 9.47 Å². The number of nitrogens with one attached hydrogen (secondary N) is 2. The van der Waals surface area contributed by atoms with Gasteiger partial charge in [0.25, 0.3) is 15.9 Å². The van der Waals surface area contributed by atoms with E-state index in [1.54, 1.807) is 12.1 Å².